The highest BCUT2D eigenvalue weighted by Gasteiger charge is 2.28. The zero-order chi connectivity index (χ0) is 27.9. The van der Waals surface area contributed by atoms with Crippen molar-refractivity contribution in [3.8, 4) is 11.5 Å². The Morgan fingerprint density at radius 1 is 1.03 bits per heavy atom. The van der Waals surface area contributed by atoms with Crippen LogP contribution in [0, 0.1) is 6.92 Å². The van der Waals surface area contributed by atoms with Crippen molar-refractivity contribution < 1.29 is 27.9 Å². The Bertz CT molecular complexity index is 1350. The smallest absolute Gasteiger partial charge is 0.276 e. The second-order valence-corrected chi connectivity index (χ2v) is 10.7. The summed E-state index contributed by atoms with van der Waals surface area (Å²) < 4.78 is 38.6. The molecule has 3 rings (SSSR count). The number of anilines is 1. The van der Waals surface area contributed by atoms with Crippen LogP contribution in [0.3, 0.4) is 0 Å². The van der Waals surface area contributed by atoms with Crippen LogP contribution in [0.15, 0.2) is 64.4 Å². The highest BCUT2D eigenvalue weighted by Crippen LogP contribution is 2.35. The van der Waals surface area contributed by atoms with Crippen LogP contribution in [-0.2, 0) is 16.3 Å². The van der Waals surface area contributed by atoms with E-state index in [1.54, 1.807) is 24.5 Å². The highest BCUT2D eigenvalue weighted by molar-refractivity contribution is 7.91. The van der Waals surface area contributed by atoms with Gasteiger partial charge in [-0.2, -0.15) is 0 Å². The van der Waals surface area contributed by atoms with Crippen LogP contribution in [0.4, 0.5) is 5.69 Å². The molecule has 0 atom stereocenters. The third-order valence-electron chi connectivity index (χ3n) is 6.52. The molecule has 0 aliphatic heterocycles. The first kappa shape index (κ1) is 29.0. The Labute approximate surface area is 224 Å². The minimum absolute atomic E-state index is 0.00923. The number of carbonyl (C=O) groups is 1. The van der Waals surface area contributed by atoms with Gasteiger partial charge in [0.05, 0.1) is 22.5 Å². The number of nitrogens with zero attached hydrogens (tertiary/aromatic N) is 1. The van der Waals surface area contributed by atoms with Gasteiger partial charge in [-0.3, -0.25) is 10.0 Å². The maximum atomic E-state index is 13.8. The number of nitrogen functional groups attached to an aromatic ring is 1. The largest absolute Gasteiger partial charge is 0.497 e. The minimum atomic E-state index is -4.01. The molecule has 10 heteroatoms. The first-order valence-corrected chi connectivity index (χ1v) is 13.8. The normalized spacial score (nSPS) is 11.4. The topological polar surface area (TPSA) is 131 Å². The van der Waals surface area contributed by atoms with Gasteiger partial charge in [-0.05, 0) is 85.6 Å². The van der Waals surface area contributed by atoms with Crippen LogP contribution >= 0.6 is 0 Å². The van der Waals surface area contributed by atoms with E-state index in [9.17, 15) is 18.4 Å². The molecule has 0 saturated carbocycles. The summed E-state index contributed by atoms with van der Waals surface area (Å²) >= 11 is 0. The number of rotatable bonds is 12. The first-order chi connectivity index (χ1) is 18.2. The van der Waals surface area contributed by atoms with Gasteiger partial charge < -0.3 is 20.1 Å². The molecule has 38 heavy (non-hydrogen) atoms. The van der Waals surface area contributed by atoms with Crippen molar-refractivity contribution in [3.63, 3.8) is 0 Å². The average molecular weight is 542 g/mol. The summed E-state index contributed by atoms with van der Waals surface area (Å²) in [5.74, 6) is 0.410. The van der Waals surface area contributed by atoms with E-state index in [1.165, 1.54) is 25.3 Å². The van der Waals surface area contributed by atoms with E-state index in [0.29, 0.717) is 23.7 Å². The number of hydrogen-bond acceptors (Lipinski definition) is 8. The van der Waals surface area contributed by atoms with Crippen molar-refractivity contribution in [3.05, 3.63) is 76.9 Å². The molecule has 9 nitrogen and oxygen atoms in total. The Balaban J connectivity index is 1.99. The zero-order valence-corrected chi connectivity index (χ0v) is 23.0. The summed E-state index contributed by atoms with van der Waals surface area (Å²) in [6, 6.07) is 14.9. The first-order valence-electron chi connectivity index (χ1n) is 12.4. The predicted octanol–water partition coefficient (Wildman–Crippen LogP) is 3.85. The van der Waals surface area contributed by atoms with Gasteiger partial charge in [0.15, 0.2) is 0 Å². The monoisotopic (exact) mass is 541 g/mol. The summed E-state index contributed by atoms with van der Waals surface area (Å²) in [7, 11) is -2.51. The Morgan fingerprint density at radius 3 is 2.18 bits per heavy atom. The van der Waals surface area contributed by atoms with Crippen molar-refractivity contribution >= 4 is 21.4 Å². The number of ether oxygens (including phenoxy) is 2. The zero-order valence-electron chi connectivity index (χ0n) is 22.2. The number of hydroxylamine groups is 1. The molecular formula is C28H35N3O6S. The lowest BCUT2D eigenvalue weighted by Gasteiger charge is -2.19. The molecule has 4 N–H and O–H groups in total. The molecule has 0 aliphatic rings. The molecule has 0 spiro atoms. The molecule has 0 bridgehead atoms. The third-order valence-corrected chi connectivity index (χ3v) is 8.52. The molecular weight excluding hydrogens is 506 g/mol. The van der Waals surface area contributed by atoms with Crippen molar-refractivity contribution in [1.29, 1.82) is 0 Å². The van der Waals surface area contributed by atoms with Gasteiger partial charge in [0.25, 0.3) is 5.91 Å². The average Bonchev–Trinajstić information content (AvgIpc) is 2.93. The van der Waals surface area contributed by atoms with E-state index in [0.717, 1.165) is 25.2 Å². The summed E-state index contributed by atoms with van der Waals surface area (Å²) in [4.78, 5) is 14.7. The maximum Gasteiger partial charge on any atom is 0.276 e. The predicted molar refractivity (Wildman–Crippen MR) is 146 cm³/mol. The number of methoxy groups -OCH3 is 1. The SMILES string of the molecule is CCN(CC)CCOc1ccc(Cc2cc(C(=O)NO)c(N)c(C)c2S(=O)(=O)c2ccc(OC)cc2)cc1. The van der Waals surface area contributed by atoms with Crippen molar-refractivity contribution in [1.82, 2.24) is 10.4 Å². The third kappa shape index (κ3) is 6.45. The lowest BCUT2D eigenvalue weighted by atomic mass is 9.98. The van der Waals surface area contributed by atoms with Crippen LogP contribution in [0.25, 0.3) is 0 Å². The van der Waals surface area contributed by atoms with E-state index in [-0.39, 0.29) is 33.0 Å². The van der Waals surface area contributed by atoms with Gasteiger partial charge in [0.2, 0.25) is 9.84 Å². The molecule has 3 aromatic carbocycles. The molecule has 3 aromatic rings. The molecule has 0 saturated heterocycles. The van der Waals surface area contributed by atoms with Gasteiger partial charge in [0.1, 0.15) is 18.1 Å². The molecule has 1 amide bonds. The fourth-order valence-electron chi connectivity index (χ4n) is 4.26. The molecule has 204 valence electrons. The molecule has 0 aromatic heterocycles. The fraction of sp³-hybridized carbons (Fsp3) is 0.321. The van der Waals surface area contributed by atoms with E-state index in [4.69, 9.17) is 15.2 Å². The Morgan fingerprint density at radius 2 is 1.63 bits per heavy atom. The van der Waals surface area contributed by atoms with Gasteiger partial charge in [-0.25, -0.2) is 13.9 Å². The van der Waals surface area contributed by atoms with Crippen molar-refractivity contribution in [2.45, 2.75) is 37.0 Å². The Hall–Kier alpha value is -3.60. The number of carbonyl (C=O) groups excluding carboxylic acids is 1. The van der Waals surface area contributed by atoms with Crippen LogP contribution in [0.1, 0.15) is 40.9 Å². The second-order valence-electron chi connectivity index (χ2n) is 8.77. The van der Waals surface area contributed by atoms with Gasteiger partial charge >= 0.3 is 0 Å². The van der Waals surface area contributed by atoms with Gasteiger partial charge in [-0.15, -0.1) is 0 Å². The summed E-state index contributed by atoms with van der Waals surface area (Å²) in [5.41, 5.74) is 9.14. The number of likely N-dealkylation sites (N-methyl/N-ethyl adjacent to an activating group) is 1. The summed E-state index contributed by atoms with van der Waals surface area (Å²) in [5, 5.41) is 9.21. The fourth-order valence-corrected chi connectivity index (χ4v) is 5.98. The molecule has 0 heterocycles. The minimum Gasteiger partial charge on any atom is -0.497 e. The van der Waals surface area contributed by atoms with E-state index >= 15 is 0 Å². The quantitative estimate of drug-likeness (QED) is 0.179. The lowest BCUT2D eigenvalue weighted by molar-refractivity contribution is 0.0707. The van der Waals surface area contributed by atoms with Crippen LogP contribution in [0.5, 0.6) is 11.5 Å². The molecule has 0 fully saturated rings. The van der Waals surface area contributed by atoms with Crippen molar-refractivity contribution in [2.24, 2.45) is 0 Å². The number of benzene rings is 3. The van der Waals surface area contributed by atoms with Gasteiger partial charge in [-0.1, -0.05) is 26.0 Å². The number of amides is 1. The van der Waals surface area contributed by atoms with E-state index < -0.39 is 15.7 Å². The van der Waals surface area contributed by atoms with Gasteiger partial charge in [0, 0.05) is 12.2 Å². The standard InChI is InChI=1S/C28H35N3O6S/c1-5-31(6-2)15-16-37-23-9-7-20(8-10-23)17-21-18-25(28(32)30-33)26(29)19(3)27(21)38(34,35)24-13-11-22(36-4)12-14-24/h7-14,18,33H,5-6,15-17,29H2,1-4H3,(H,30,32). The summed E-state index contributed by atoms with van der Waals surface area (Å²) in [6.45, 7) is 9.06. The van der Waals surface area contributed by atoms with E-state index in [1.807, 2.05) is 24.3 Å². The number of sulfone groups is 1. The molecule has 0 radical (unpaired) electrons. The summed E-state index contributed by atoms with van der Waals surface area (Å²) in [6.07, 6.45) is 0.206. The Kier molecular flexibility index (Phi) is 9.73. The van der Waals surface area contributed by atoms with E-state index in [2.05, 4.69) is 18.7 Å². The van der Waals surface area contributed by atoms with Crippen LogP contribution in [0.2, 0.25) is 0 Å². The second kappa shape index (κ2) is 12.8. The molecule has 0 aliphatic carbocycles. The number of nitrogens with two attached hydrogens (primary N) is 1. The highest BCUT2D eigenvalue weighted by atomic mass is 32.2. The maximum absolute atomic E-state index is 13.8. The van der Waals surface area contributed by atoms with Crippen LogP contribution < -0.4 is 20.7 Å². The van der Waals surface area contributed by atoms with Crippen LogP contribution in [-0.4, -0.2) is 57.8 Å². The van der Waals surface area contributed by atoms with Crippen molar-refractivity contribution in [2.75, 3.05) is 39.1 Å². The number of hydrogen-bond donors (Lipinski definition) is 3. The molecule has 0 unspecified atom stereocenters. The number of nitrogens with one attached hydrogen (secondary N) is 1. The lowest BCUT2D eigenvalue weighted by Crippen LogP contribution is -2.27.